The zero-order chi connectivity index (χ0) is 20.8. The maximum atomic E-state index is 11.9. The van der Waals surface area contributed by atoms with Crippen LogP contribution >= 0.6 is 15.9 Å². The van der Waals surface area contributed by atoms with Crippen molar-refractivity contribution in [3.05, 3.63) is 47.0 Å². The first-order valence-electron chi connectivity index (χ1n) is 7.73. The molecule has 0 saturated heterocycles. The highest BCUT2D eigenvalue weighted by atomic mass is 79.9. The van der Waals surface area contributed by atoms with Gasteiger partial charge in [-0.05, 0) is 37.1 Å². The number of nitriles is 1. The average Bonchev–Trinajstić information content (AvgIpc) is 2.54. The molecule has 4 N–H and O–H groups in total. The van der Waals surface area contributed by atoms with Crippen LogP contribution in [0.15, 0.2) is 47.0 Å². The smallest absolute Gasteiger partial charge is 0.387 e. The first-order valence-corrected chi connectivity index (χ1v) is 8.52. The molecule has 2 aliphatic rings. The Hall–Kier alpha value is -1.83. The van der Waals surface area contributed by atoms with Gasteiger partial charge in [-0.15, -0.1) is 0 Å². The van der Waals surface area contributed by atoms with Crippen LogP contribution < -0.4 is 11.5 Å². The first-order chi connectivity index (χ1) is 12.4. The number of nitrogens with two attached hydrogens (primary N) is 2. The molecule has 2 rings (SSSR count). The van der Waals surface area contributed by atoms with Crippen molar-refractivity contribution >= 4 is 15.9 Å². The summed E-state index contributed by atoms with van der Waals surface area (Å²) in [6.07, 6.45) is 6.31. The lowest BCUT2D eigenvalue weighted by molar-refractivity contribution is -0.100. The number of hydrogen-bond donors (Lipinski definition) is 2. The number of allylic oxidation sites excluding steroid dienone is 4. The predicted octanol–water partition coefficient (Wildman–Crippen LogP) is 4.19. The summed E-state index contributed by atoms with van der Waals surface area (Å²) >= 11 is 3.23. The molecule has 0 aromatic heterocycles. The molecule has 27 heavy (non-hydrogen) atoms. The van der Waals surface area contributed by atoms with Crippen LogP contribution in [-0.2, 0) is 9.47 Å². The van der Waals surface area contributed by atoms with E-state index in [0.717, 1.165) is 5.57 Å². The zero-order valence-electron chi connectivity index (χ0n) is 14.7. The largest absolute Gasteiger partial charge is 0.439 e. The van der Waals surface area contributed by atoms with E-state index in [1.165, 1.54) is 18.2 Å². The molecule has 2 aliphatic carbocycles. The van der Waals surface area contributed by atoms with Crippen molar-refractivity contribution < 1.29 is 27.0 Å². The molecule has 0 amide bonds. The van der Waals surface area contributed by atoms with Gasteiger partial charge in [-0.1, -0.05) is 28.1 Å². The molecule has 10 heteroatoms. The van der Waals surface area contributed by atoms with Crippen molar-refractivity contribution in [3.63, 3.8) is 0 Å². The summed E-state index contributed by atoms with van der Waals surface area (Å²) in [5, 5.41) is 8.79. The van der Waals surface area contributed by atoms with Crippen LogP contribution in [0.3, 0.4) is 0 Å². The number of alkyl halides is 5. The van der Waals surface area contributed by atoms with Gasteiger partial charge in [0.05, 0.1) is 6.07 Å². The van der Waals surface area contributed by atoms with Crippen LogP contribution in [0.25, 0.3) is 0 Å². The number of hydrogen-bond acceptors (Lipinski definition) is 5. The number of ether oxygens (including phenoxy) is 2. The minimum Gasteiger partial charge on any atom is -0.439 e. The molecule has 0 fully saturated rings. The lowest BCUT2D eigenvalue weighted by Gasteiger charge is -2.27. The molecule has 0 aromatic rings. The summed E-state index contributed by atoms with van der Waals surface area (Å²) in [5.41, 5.74) is 11.7. The van der Waals surface area contributed by atoms with E-state index in [1.807, 2.05) is 13.0 Å². The van der Waals surface area contributed by atoms with Crippen molar-refractivity contribution in [1.82, 2.24) is 0 Å². The summed E-state index contributed by atoms with van der Waals surface area (Å²) in [7, 11) is 0. The Labute approximate surface area is 163 Å². The van der Waals surface area contributed by atoms with E-state index in [2.05, 4.69) is 25.4 Å². The topological polar surface area (TPSA) is 94.3 Å². The maximum absolute atomic E-state index is 11.9. The second kappa shape index (κ2) is 9.39. The van der Waals surface area contributed by atoms with E-state index >= 15 is 0 Å². The Bertz CT molecular complexity index is 711. The quantitative estimate of drug-likeness (QED) is 0.378. The van der Waals surface area contributed by atoms with Gasteiger partial charge < -0.3 is 20.9 Å². The van der Waals surface area contributed by atoms with Crippen LogP contribution in [0.4, 0.5) is 17.6 Å². The molecule has 0 heterocycles. The molecule has 0 bridgehead atoms. The maximum Gasteiger partial charge on any atom is 0.387 e. The summed E-state index contributed by atoms with van der Waals surface area (Å²) < 4.78 is 55.1. The zero-order valence-corrected chi connectivity index (χ0v) is 16.3. The fourth-order valence-corrected chi connectivity index (χ4v) is 2.58. The summed E-state index contributed by atoms with van der Waals surface area (Å²) in [5.74, 6) is 0.231. The van der Waals surface area contributed by atoms with Gasteiger partial charge in [-0.25, -0.2) is 0 Å². The summed E-state index contributed by atoms with van der Waals surface area (Å²) in [6.45, 7) is -2.17. The average molecular weight is 454 g/mol. The third-order valence-corrected chi connectivity index (χ3v) is 4.87. The van der Waals surface area contributed by atoms with Crippen molar-refractivity contribution in [2.75, 3.05) is 0 Å². The number of nitrogens with zero attached hydrogens (tertiary/aromatic N) is 1. The molecule has 2 unspecified atom stereocenters. The first kappa shape index (κ1) is 23.2. The van der Waals surface area contributed by atoms with Crippen molar-refractivity contribution in [3.8, 4) is 6.07 Å². The van der Waals surface area contributed by atoms with Crippen molar-refractivity contribution in [1.29, 1.82) is 5.26 Å². The molecule has 0 spiro atoms. The van der Waals surface area contributed by atoms with Crippen molar-refractivity contribution in [2.24, 2.45) is 11.5 Å². The third kappa shape index (κ3) is 7.01. The second-order valence-corrected chi connectivity index (χ2v) is 7.44. The minimum atomic E-state index is -2.88. The molecule has 0 saturated carbocycles. The highest BCUT2D eigenvalue weighted by Gasteiger charge is 2.32. The Balaban J connectivity index is 0.000000271. The normalized spacial score (nSPS) is 27.5. The van der Waals surface area contributed by atoms with Gasteiger partial charge in [0, 0.05) is 12.8 Å². The van der Waals surface area contributed by atoms with Gasteiger partial charge in [0.1, 0.15) is 21.5 Å². The number of halogens is 5. The van der Waals surface area contributed by atoms with E-state index in [0.29, 0.717) is 5.57 Å². The van der Waals surface area contributed by atoms with Gasteiger partial charge in [0.25, 0.3) is 0 Å². The lowest BCUT2D eigenvalue weighted by Crippen LogP contribution is -2.41. The summed E-state index contributed by atoms with van der Waals surface area (Å²) in [4.78, 5) is 0. The molecular weight excluding hydrogens is 434 g/mol. The van der Waals surface area contributed by atoms with Crippen LogP contribution in [0, 0.1) is 11.3 Å². The van der Waals surface area contributed by atoms with Crippen LogP contribution in [0.2, 0.25) is 0 Å². The monoisotopic (exact) mass is 453 g/mol. The molecule has 5 nitrogen and oxygen atoms in total. The highest BCUT2D eigenvalue weighted by Crippen LogP contribution is 2.33. The Kier molecular flexibility index (Phi) is 8.07. The van der Waals surface area contributed by atoms with Gasteiger partial charge in [0.15, 0.2) is 0 Å². The Morgan fingerprint density at radius 1 is 0.963 bits per heavy atom. The van der Waals surface area contributed by atoms with Crippen LogP contribution in [0.1, 0.15) is 26.7 Å². The summed E-state index contributed by atoms with van der Waals surface area (Å²) in [6, 6.07) is 1.88. The van der Waals surface area contributed by atoms with E-state index in [4.69, 9.17) is 16.7 Å². The van der Waals surface area contributed by atoms with Gasteiger partial charge in [0.2, 0.25) is 0 Å². The third-order valence-electron chi connectivity index (χ3n) is 3.96. The fraction of sp³-hybridized carbons (Fsp3) is 0.471. The molecule has 0 aliphatic heterocycles. The van der Waals surface area contributed by atoms with Crippen LogP contribution in [-0.4, -0.2) is 23.2 Å². The van der Waals surface area contributed by atoms with E-state index < -0.39 is 23.2 Å². The molecule has 0 aromatic carbocycles. The van der Waals surface area contributed by atoms with Crippen molar-refractivity contribution in [2.45, 2.75) is 49.9 Å². The van der Waals surface area contributed by atoms with E-state index in [1.54, 1.807) is 13.0 Å². The molecule has 2 atom stereocenters. The van der Waals surface area contributed by atoms with Gasteiger partial charge in [-0.3, -0.25) is 0 Å². The molecule has 0 radical (unpaired) electrons. The Morgan fingerprint density at radius 2 is 1.41 bits per heavy atom. The fourth-order valence-electron chi connectivity index (χ4n) is 2.17. The Morgan fingerprint density at radius 3 is 1.81 bits per heavy atom. The van der Waals surface area contributed by atoms with Crippen LogP contribution in [0.5, 0.6) is 0 Å². The molecule has 150 valence electrons. The molecular formula is C17H20BrF4N3O2. The number of rotatable bonds is 4. The lowest BCUT2D eigenvalue weighted by atomic mass is 9.85. The predicted molar refractivity (Wildman–Crippen MR) is 95.5 cm³/mol. The van der Waals surface area contributed by atoms with E-state index in [-0.39, 0.29) is 24.4 Å². The minimum absolute atomic E-state index is 0.0177. The van der Waals surface area contributed by atoms with E-state index in [9.17, 15) is 17.6 Å². The standard InChI is InChI=1S/C9H10F2N2O.C8H10BrF2NO/c1-6-2-3-7(14-8(10)11)4-9(6,13)5-12;1-5-2-3-6(13-7(10)11)4-8(5,9)12/h2-3,8H,4,13H2,1H3;2-3,7H,4,12H2,1H3. The second-order valence-electron chi connectivity index (χ2n) is 6.02. The highest BCUT2D eigenvalue weighted by molar-refractivity contribution is 9.10. The van der Waals surface area contributed by atoms with Gasteiger partial charge in [-0.2, -0.15) is 22.8 Å². The van der Waals surface area contributed by atoms with Gasteiger partial charge >= 0.3 is 13.2 Å². The SMILES string of the molecule is CC1=CC=C(OC(F)F)CC1(N)Br.CC1=CC=C(OC(F)F)CC1(N)C#N.